The van der Waals surface area contributed by atoms with E-state index in [4.69, 9.17) is 0 Å². The maximum Gasteiger partial charge on any atom is 0.0417 e. The molecule has 0 fully saturated rings. The Balaban J connectivity index is 2.62. The van der Waals surface area contributed by atoms with Crippen molar-refractivity contribution < 1.29 is 0 Å². The highest BCUT2D eigenvalue weighted by molar-refractivity contribution is 9.10. The van der Waals surface area contributed by atoms with Crippen LogP contribution < -0.4 is 5.32 Å². The van der Waals surface area contributed by atoms with Crippen molar-refractivity contribution in [1.82, 2.24) is 5.32 Å². The summed E-state index contributed by atoms with van der Waals surface area (Å²) in [6.07, 6.45) is 7.85. The average molecular weight is 346 g/mol. The highest BCUT2D eigenvalue weighted by Gasteiger charge is 2.17. The van der Waals surface area contributed by atoms with Crippen LogP contribution in [-0.2, 0) is 0 Å². The molecule has 1 rings (SSSR count). The third-order valence-electron chi connectivity index (χ3n) is 3.68. The minimum absolute atomic E-state index is 0.540. The molecule has 1 aromatic heterocycles. The second-order valence-electron chi connectivity index (χ2n) is 5.33. The van der Waals surface area contributed by atoms with Gasteiger partial charge in [0.2, 0.25) is 0 Å². The number of unbranched alkanes of at least 4 members (excludes halogenated alkanes) is 1. The lowest BCUT2D eigenvalue weighted by molar-refractivity contribution is 0.356. The second kappa shape index (κ2) is 9.95. The van der Waals surface area contributed by atoms with E-state index in [1.165, 1.54) is 47.9 Å². The first-order chi connectivity index (χ1) is 9.21. The first kappa shape index (κ1) is 17.2. The van der Waals surface area contributed by atoms with Gasteiger partial charge in [0.1, 0.15) is 0 Å². The molecule has 0 saturated carbocycles. The summed E-state index contributed by atoms with van der Waals surface area (Å²) in [6, 6.07) is 2.82. The van der Waals surface area contributed by atoms with Crippen molar-refractivity contribution in [3.63, 3.8) is 0 Å². The molecule has 1 N–H and O–H groups in total. The van der Waals surface area contributed by atoms with Gasteiger partial charge in [-0.1, -0.05) is 46.5 Å². The summed E-state index contributed by atoms with van der Waals surface area (Å²) in [7, 11) is 0. The molecular formula is C16H28BrNS. The number of halogens is 1. The zero-order chi connectivity index (χ0) is 14.1. The largest absolute Gasteiger partial charge is 0.309 e. The Kier molecular flexibility index (Phi) is 9.01. The predicted molar refractivity (Wildman–Crippen MR) is 91.0 cm³/mol. The molecule has 2 unspecified atom stereocenters. The molecule has 0 spiro atoms. The number of hydrogen-bond donors (Lipinski definition) is 1. The van der Waals surface area contributed by atoms with Gasteiger partial charge in [0, 0.05) is 20.8 Å². The van der Waals surface area contributed by atoms with Crippen LogP contribution in [0.25, 0.3) is 0 Å². The Morgan fingerprint density at radius 2 is 2.05 bits per heavy atom. The van der Waals surface area contributed by atoms with E-state index in [9.17, 15) is 0 Å². The van der Waals surface area contributed by atoms with Crippen LogP contribution in [-0.4, -0.2) is 6.54 Å². The monoisotopic (exact) mass is 345 g/mol. The zero-order valence-corrected chi connectivity index (χ0v) is 14.9. The fourth-order valence-corrected chi connectivity index (χ4v) is 3.98. The van der Waals surface area contributed by atoms with E-state index < -0.39 is 0 Å². The number of nitrogens with one attached hydrogen (secondary N) is 1. The Labute approximate surface area is 131 Å². The van der Waals surface area contributed by atoms with Crippen LogP contribution in [0.15, 0.2) is 15.9 Å². The molecule has 0 bridgehead atoms. The van der Waals surface area contributed by atoms with E-state index in [2.05, 4.69) is 53.5 Å². The fraction of sp³-hybridized carbons (Fsp3) is 0.750. The molecular weight excluding hydrogens is 318 g/mol. The predicted octanol–water partition coefficient (Wildman–Crippen LogP) is 6.16. The molecule has 19 heavy (non-hydrogen) atoms. The van der Waals surface area contributed by atoms with Crippen LogP contribution in [0.2, 0.25) is 0 Å². The summed E-state index contributed by atoms with van der Waals surface area (Å²) < 4.78 is 1.22. The third-order valence-corrected chi connectivity index (χ3v) is 5.49. The van der Waals surface area contributed by atoms with Gasteiger partial charge in [0.25, 0.3) is 0 Å². The van der Waals surface area contributed by atoms with Crippen LogP contribution in [0.1, 0.15) is 70.2 Å². The van der Waals surface area contributed by atoms with Crippen molar-refractivity contribution in [3.8, 4) is 0 Å². The number of thiophene rings is 1. The van der Waals surface area contributed by atoms with Crippen molar-refractivity contribution in [2.24, 2.45) is 5.92 Å². The maximum atomic E-state index is 3.73. The van der Waals surface area contributed by atoms with E-state index in [1.54, 1.807) is 0 Å². The Bertz CT molecular complexity index is 337. The normalized spacial score (nSPS) is 14.5. The van der Waals surface area contributed by atoms with Crippen molar-refractivity contribution in [1.29, 1.82) is 0 Å². The van der Waals surface area contributed by atoms with E-state index in [1.807, 2.05) is 11.3 Å². The summed E-state index contributed by atoms with van der Waals surface area (Å²) in [6.45, 7) is 7.98. The van der Waals surface area contributed by atoms with Gasteiger partial charge in [-0.05, 0) is 47.3 Å². The van der Waals surface area contributed by atoms with Crippen LogP contribution in [0, 0.1) is 5.92 Å². The highest BCUT2D eigenvalue weighted by Crippen LogP contribution is 2.32. The number of hydrogen-bond acceptors (Lipinski definition) is 2. The fourth-order valence-electron chi connectivity index (χ4n) is 2.44. The molecule has 1 aromatic rings. The molecule has 2 atom stereocenters. The Hall–Kier alpha value is 0.140. The molecule has 0 aliphatic carbocycles. The highest BCUT2D eigenvalue weighted by atomic mass is 79.9. The van der Waals surface area contributed by atoms with E-state index in [-0.39, 0.29) is 0 Å². The lowest BCUT2D eigenvalue weighted by Crippen LogP contribution is -2.23. The summed E-state index contributed by atoms with van der Waals surface area (Å²) in [5.41, 5.74) is 0. The van der Waals surface area contributed by atoms with Crippen molar-refractivity contribution in [3.05, 3.63) is 20.8 Å². The van der Waals surface area contributed by atoms with Gasteiger partial charge in [0.15, 0.2) is 0 Å². The minimum Gasteiger partial charge on any atom is -0.309 e. The molecule has 1 heterocycles. The van der Waals surface area contributed by atoms with E-state index >= 15 is 0 Å². The van der Waals surface area contributed by atoms with Gasteiger partial charge in [-0.2, -0.15) is 0 Å². The topological polar surface area (TPSA) is 12.0 Å². The molecule has 0 aliphatic heterocycles. The summed E-state index contributed by atoms with van der Waals surface area (Å²) in [5.74, 6) is 0.857. The SMILES string of the molecule is CCCCC(CC)CC(NCCC)c1cc(Br)cs1. The first-order valence-corrected chi connectivity index (χ1v) is 9.35. The van der Waals surface area contributed by atoms with Gasteiger partial charge in [-0.3, -0.25) is 0 Å². The first-order valence-electron chi connectivity index (χ1n) is 7.68. The van der Waals surface area contributed by atoms with Gasteiger partial charge in [-0.15, -0.1) is 11.3 Å². The van der Waals surface area contributed by atoms with Crippen LogP contribution in [0.3, 0.4) is 0 Å². The standard InChI is InChI=1S/C16H28BrNS/c1-4-7-8-13(6-3)10-15(18-9-5-2)16-11-14(17)12-19-16/h11-13,15,18H,4-10H2,1-3H3. The minimum atomic E-state index is 0.540. The van der Waals surface area contributed by atoms with Crippen LogP contribution in [0.5, 0.6) is 0 Å². The average Bonchev–Trinajstić information content (AvgIpc) is 2.84. The quantitative estimate of drug-likeness (QED) is 0.535. The second-order valence-corrected chi connectivity index (χ2v) is 7.18. The van der Waals surface area contributed by atoms with Gasteiger partial charge >= 0.3 is 0 Å². The summed E-state index contributed by atoms with van der Waals surface area (Å²) in [4.78, 5) is 1.48. The van der Waals surface area contributed by atoms with Gasteiger partial charge in [-0.25, -0.2) is 0 Å². The summed E-state index contributed by atoms with van der Waals surface area (Å²) >= 11 is 5.45. The maximum absolute atomic E-state index is 3.73. The van der Waals surface area contributed by atoms with Gasteiger partial charge in [0.05, 0.1) is 0 Å². The lowest BCUT2D eigenvalue weighted by atomic mass is 9.91. The molecule has 0 radical (unpaired) electrons. The van der Waals surface area contributed by atoms with Crippen LogP contribution >= 0.6 is 27.3 Å². The molecule has 1 nitrogen and oxygen atoms in total. The summed E-state index contributed by atoms with van der Waals surface area (Å²) in [5, 5.41) is 5.93. The lowest BCUT2D eigenvalue weighted by Gasteiger charge is -2.23. The molecule has 0 aliphatic rings. The third kappa shape index (κ3) is 6.42. The molecule has 0 aromatic carbocycles. The van der Waals surface area contributed by atoms with Gasteiger partial charge < -0.3 is 5.32 Å². The molecule has 0 saturated heterocycles. The Morgan fingerprint density at radius 1 is 1.26 bits per heavy atom. The zero-order valence-electron chi connectivity index (χ0n) is 12.5. The molecule has 110 valence electrons. The van der Waals surface area contributed by atoms with Crippen molar-refractivity contribution in [2.75, 3.05) is 6.54 Å². The van der Waals surface area contributed by atoms with Crippen molar-refractivity contribution >= 4 is 27.3 Å². The van der Waals surface area contributed by atoms with Crippen molar-refractivity contribution in [2.45, 2.75) is 65.3 Å². The smallest absolute Gasteiger partial charge is 0.0417 e. The van der Waals surface area contributed by atoms with Crippen LogP contribution in [0.4, 0.5) is 0 Å². The van der Waals surface area contributed by atoms with E-state index in [0.717, 1.165) is 12.5 Å². The number of rotatable bonds is 10. The Morgan fingerprint density at radius 3 is 2.58 bits per heavy atom. The van der Waals surface area contributed by atoms with E-state index in [0.29, 0.717) is 6.04 Å². The molecule has 3 heteroatoms. The molecule has 0 amide bonds.